The van der Waals surface area contributed by atoms with Crippen LogP contribution in [0.15, 0.2) is 60.7 Å². The van der Waals surface area contributed by atoms with Gasteiger partial charge in [0.15, 0.2) is 0 Å². The third-order valence-corrected chi connectivity index (χ3v) is 8.18. The van der Waals surface area contributed by atoms with E-state index in [2.05, 4.69) is 0 Å². The molecule has 1 heterocycles. The Kier molecular flexibility index (Phi) is 6.36. The Morgan fingerprint density at radius 2 is 0.875 bits per heavy atom. The predicted molar refractivity (Wildman–Crippen MR) is 102 cm³/mol. The normalized spacial score (nSPS) is 22.1. The summed E-state index contributed by atoms with van der Waals surface area (Å²) in [7, 11) is -12.0. The third-order valence-electron chi connectivity index (χ3n) is 4.97. The molecule has 2 atom stereocenters. The first-order chi connectivity index (χ1) is 14.7. The van der Waals surface area contributed by atoms with Crippen LogP contribution in [0.4, 0.5) is 26.3 Å². The van der Waals surface area contributed by atoms with Crippen LogP contribution in [0.2, 0.25) is 0 Å². The highest BCUT2D eigenvalue weighted by molar-refractivity contribution is 7.90. The lowest BCUT2D eigenvalue weighted by Crippen LogP contribution is -2.57. The second-order valence-electron chi connectivity index (χ2n) is 6.89. The lowest BCUT2D eigenvalue weighted by atomic mass is 10.00. The van der Waals surface area contributed by atoms with Gasteiger partial charge in [-0.2, -0.15) is 35.0 Å². The summed E-state index contributed by atoms with van der Waals surface area (Å²) in [4.78, 5) is 0. The van der Waals surface area contributed by atoms with Gasteiger partial charge in [-0.3, -0.25) is 0 Å². The van der Waals surface area contributed by atoms with Gasteiger partial charge in [0.25, 0.3) is 0 Å². The van der Waals surface area contributed by atoms with E-state index in [1.54, 1.807) is 0 Å². The Morgan fingerprint density at radius 1 is 0.594 bits per heavy atom. The minimum atomic E-state index is -6.01. The van der Waals surface area contributed by atoms with Crippen LogP contribution in [0.25, 0.3) is 0 Å². The van der Waals surface area contributed by atoms with Crippen LogP contribution in [-0.4, -0.2) is 49.6 Å². The summed E-state index contributed by atoms with van der Waals surface area (Å²) >= 11 is 0. The zero-order chi connectivity index (χ0) is 23.9. The number of benzene rings is 2. The van der Waals surface area contributed by atoms with E-state index in [0.29, 0.717) is 0 Å². The fourth-order valence-corrected chi connectivity index (χ4v) is 5.72. The van der Waals surface area contributed by atoms with Crippen LogP contribution in [0.1, 0.15) is 23.2 Å². The van der Waals surface area contributed by atoms with Crippen molar-refractivity contribution in [1.82, 2.24) is 8.61 Å². The highest BCUT2D eigenvalue weighted by Crippen LogP contribution is 2.44. The van der Waals surface area contributed by atoms with E-state index in [1.807, 2.05) is 0 Å². The first kappa shape index (κ1) is 24.5. The molecule has 2 unspecified atom stereocenters. The van der Waals surface area contributed by atoms with Gasteiger partial charge < -0.3 is 0 Å². The van der Waals surface area contributed by atoms with Gasteiger partial charge in [-0.15, -0.1) is 0 Å². The minimum absolute atomic E-state index is 0.0163. The van der Waals surface area contributed by atoms with Crippen molar-refractivity contribution in [1.29, 1.82) is 0 Å². The van der Waals surface area contributed by atoms with Crippen molar-refractivity contribution in [2.75, 3.05) is 13.1 Å². The number of alkyl halides is 6. The number of sulfonamides is 2. The van der Waals surface area contributed by atoms with Crippen LogP contribution >= 0.6 is 0 Å². The second kappa shape index (κ2) is 8.32. The first-order valence-corrected chi connectivity index (χ1v) is 11.8. The zero-order valence-electron chi connectivity index (χ0n) is 16.0. The molecular weight excluding hydrogens is 486 g/mol. The molecule has 1 fully saturated rings. The van der Waals surface area contributed by atoms with E-state index in [-0.39, 0.29) is 19.7 Å². The van der Waals surface area contributed by atoms with Gasteiger partial charge in [0, 0.05) is 13.1 Å². The van der Waals surface area contributed by atoms with E-state index >= 15 is 0 Å². The topological polar surface area (TPSA) is 74.8 Å². The van der Waals surface area contributed by atoms with Gasteiger partial charge >= 0.3 is 31.1 Å². The van der Waals surface area contributed by atoms with Gasteiger partial charge in [0.05, 0.1) is 12.1 Å². The monoisotopic (exact) mass is 502 g/mol. The molecule has 0 spiro atoms. The molecule has 1 aliphatic heterocycles. The molecule has 32 heavy (non-hydrogen) atoms. The molecule has 0 aliphatic carbocycles. The third kappa shape index (κ3) is 4.36. The summed E-state index contributed by atoms with van der Waals surface area (Å²) in [6.07, 6.45) is 0. The molecule has 0 saturated carbocycles. The molecule has 6 nitrogen and oxygen atoms in total. The number of hydrogen-bond donors (Lipinski definition) is 0. The quantitative estimate of drug-likeness (QED) is 0.597. The Hall–Kier alpha value is -2.16. The van der Waals surface area contributed by atoms with Crippen LogP contribution < -0.4 is 0 Å². The summed E-state index contributed by atoms with van der Waals surface area (Å²) in [5.41, 5.74) is -11.7. The molecule has 0 radical (unpaired) electrons. The molecule has 0 aromatic heterocycles. The average Bonchev–Trinajstić information content (AvgIpc) is 2.72. The first-order valence-electron chi connectivity index (χ1n) is 8.94. The number of nitrogens with zero attached hydrogens (tertiary/aromatic N) is 2. The zero-order valence-corrected chi connectivity index (χ0v) is 17.6. The molecule has 14 heteroatoms. The van der Waals surface area contributed by atoms with Crippen molar-refractivity contribution in [3.63, 3.8) is 0 Å². The number of hydrogen-bond acceptors (Lipinski definition) is 4. The fourth-order valence-electron chi connectivity index (χ4n) is 3.47. The Labute approximate surface area is 180 Å². The Balaban J connectivity index is 2.22. The van der Waals surface area contributed by atoms with E-state index in [9.17, 15) is 43.2 Å². The van der Waals surface area contributed by atoms with Gasteiger partial charge in [-0.25, -0.2) is 16.8 Å². The largest absolute Gasteiger partial charge is 0.511 e. The molecular formula is C18H16F6N2O4S2. The molecule has 2 aromatic rings. The van der Waals surface area contributed by atoms with E-state index < -0.39 is 56.2 Å². The molecule has 1 aliphatic rings. The minimum Gasteiger partial charge on any atom is -0.203 e. The molecule has 1 saturated heterocycles. The summed E-state index contributed by atoms with van der Waals surface area (Å²) in [5, 5.41) is 0. The van der Waals surface area contributed by atoms with Crippen molar-refractivity contribution in [3.8, 4) is 0 Å². The molecule has 2 aromatic carbocycles. The van der Waals surface area contributed by atoms with Crippen molar-refractivity contribution < 1.29 is 43.2 Å². The van der Waals surface area contributed by atoms with Gasteiger partial charge in [-0.05, 0) is 11.1 Å². The van der Waals surface area contributed by atoms with Crippen molar-refractivity contribution >= 4 is 20.0 Å². The summed E-state index contributed by atoms with van der Waals surface area (Å²) in [6.45, 7) is -2.33. The van der Waals surface area contributed by atoms with Crippen molar-refractivity contribution in [3.05, 3.63) is 71.8 Å². The van der Waals surface area contributed by atoms with Crippen LogP contribution in [-0.2, 0) is 20.0 Å². The van der Waals surface area contributed by atoms with Crippen LogP contribution in [0, 0.1) is 0 Å². The van der Waals surface area contributed by atoms with Gasteiger partial charge in [0.1, 0.15) is 0 Å². The molecule has 176 valence electrons. The standard InChI is InChI=1S/C18H16F6N2O4S2/c19-17(20,21)31(27,28)25-12-16(14-9-5-2-6-10-14)26(32(29,30)18(22,23)24)11-15(25)13-7-3-1-4-8-13/h1-10,15-16H,11-12H2. The lowest BCUT2D eigenvalue weighted by molar-refractivity contribution is -0.0579. The maximum absolute atomic E-state index is 13.4. The Bertz CT molecular complexity index is 1060. The number of piperazine rings is 1. The smallest absolute Gasteiger partial charge is 0.203 e. The fraction of sp³-hybridized carbons (Fsp3) is 0.333. The van der Waals surface area contributed by atoms with Gasteiger partial charge in [0.2, 0.25) is 0 Å². The number of halogens is 6. The van der Waals surface area contributed by atoms with E-state index in [4.69, 9.17) is 0 Å². The van der Waals surface area contributed by atoms with E-state index in [1.165, 1.54) is 60.7 Å². The number of rotatable bonds is 4. The summed E-state index contributed by atoms with van der Waals surface area (Å²) in [5.74, 6) is 0. The molecule has 0 N–H and O–H groups in total. The summed E-state index contributed by atoms with van der Waals surface area (Å²) < 4.78 is 130. The molecule has 0 bridgehead atoms. The van der Waals surface area contributed by atoms with Crippen molar-refractivity contribution in [2.45, 2.75) is 23.1 Å². The average molecular weight is 502 g/mol. The highest BCUT2D eigenvalue weighted by atomic mass is 32.2. The summed E-state index contributed by atoms with van der Waals surface area (Å²) in [6, 6.07) is 9.50. The predicted octanol–water partition coefficient (Wildman–Crippen LogP) is 3.79. The van der Waals surface area contributed by atoms with Crippen LogP contribution in [0.5, 0.6) is 0 Å². The molecule has 3 rings (SSSR count). The van der Waals surface area contributed by atoms with Gasteiger partial charge in [-0.1, -0.05) is 60.7 Å². The van der Waals surface area contributed by atoms with E-state index in [0.717, 1.165) is 0 Å². The second-order valence-corrected chi connectivity index (χ2v) is 10.7. The SMILES string of the molecule is O=S(=O)(N1CC(c2ccccc2)N(S(=O)(=O)C(F)(F)F)CC1c1ccccc1)C(F)(F)F. The maximum Gasteiger partial charge on any atom is 0.511 e. The maximum atomic E-state index is 13.4. The highest BCUT2D eigenvalue weighted by Gasteiger charge is 2.59. The lowest BCUT2D eigenvalue weighted by Gasteiger charge is -2.45. The molecule has 0 amide bonds. The van der Waals surface area contributed by atoms with Crippen molar-refractivity contribution in [2.24, 2.45) is 0 Å². The van der Waals surface area contributed by atoms with Crippen LogP contribution in [0.3, 0.4) is 0 Å². The Morgan fingerprint density at radius 3 is 1.12 bits per heavy atom.